The Morgan fingerprint density at radius 3 is 2.53 bits per heavy atom. The Labute approximate surface area is 113 Å². The van der Waals surface area contributed by atoms with Crippen molar-refractivity contribution in [2.24, 2.45) is 0 Å². The lowest BCUT2D eigenvalue weighted by Crippen LogP contribution is -2.33. The highest BCUT2D eigenvalue weighted by Gasteiger charge is 2.20. The molecule has 0 spiro atoms. The molecule has 1 aromatic rings. The standard InChI is InChI=1S/C14H23NS2/c1-10-8-12(11(2)17-10)9-15-13-4-6-14(16-3)7-5-13/h8,13-15H,4-7,9H2,1-3H3. The fourth-order valence-corrected chi connectivity index (χ4v) is 4.31. The summed E-state index contributed by atoms with van der Waals surface area (Å²) in [4.78, 5) is 2.91. The summed E-state index contributed by atoms with van der Waals surface area (Å²) in [6.45, 7) is 5.49. The molecule has 0 amide bonds. The molecule has 1 aliphatic carbocycles. The van der Waals surface area contributed by atoms with Crippen molar-refractivity contribution in [1.29, 1.82) is 0 Å². The number of thioether (sulfide) groups is 1. The lowest BCUT2D eigenvalue weighted by molar-refractivity contribution is 0.379. The van der Waals surface area contributed by atoms with Crippen molar-refractivity contribution in [3.05, 3.63) is 21.4 Å². The van der Waals surface area contributed by atoms with E-state index in [0.717, 1.165) is 17.8 Å². The third-order valence-corrected chi connectivity index (χ3v) is 5.88. The third kappa shape index (κ3) is 3.73. The van der Waals surface area contributed by atoms with Crippen molar-refractivity contribution in [1.82, 2.24) is 5.32 Å². The molecule has 17 heavy (non-hydrogen) atoms. The molecule has 3 heteroatoms. The highest BCUT2D eigenvalue weighted by atomic mass is 32.2. The summed E-state index contributed by atoms with van der Waals surface area (Å²) < 4.78 is 0. The van der Waals surface area contributed by atoms with Crippen LogP contribution in [0.2, 0.25) is 0 Å². The molecule has 1 aromatic heterocycles. The Morgan fingerprint density at radius 2 is 2.00 bits per heavy atom. The molecular formula is C14H23NS2. The Kier molecular flexibility index (Phi) is 4.95. The van der Waals surface area contributed by atoms with Crippen molar-refractivity contribution in [3.63, 3.8) is 0 Å². The van der Waals surface area contributed by atoms with Crippen LogP contribution in [0, 0.1) is 13.8 Å². The maximum Gasteiger partial charge on any atom is 0.0219 e. The van der Waals surface area contributed by atoms with Crippen LogP contribution in [0.25, 0.3) is 0 Å². The largest absolute Gasteiger partial charge is 0.310 e. The first kappa shape index (κ1) is 13.4. The van der Waals surface area contributed by atoms with Crippen LogP contribution in [0.15, 0.2) is 6.07 Å². The van der Waals surface area contributed by atoms with Crippen LogP contribution in [-0.4, -0.2) is 17.5 Å². The quantitative estimate of drug-likeness (QED) is 0.882. The van der Waals surface area contributed by atoms with Gasteiger partial charge >= 0.3 is 0 Å². The van der Waals surface area contributed by atoms with Crippen LogP contribution in [0.4, 0.5) is 0 Å². The van der Waals surface area contributed by atoms with Crippen molar-refractivity contribution in [2.45, 2.75) is 57.4 Å². The van der Waals surface area contributed by atoms with E-state index in [2.05, 4.69) is 31.5 Å². The second kappa shape index (κ2) is 6.26. The average molecular weight is 269 g/mol. The van der Waals surface area contributed by atoms with Crippen LogP contribution in [0.1, 0.15) is 41.0 Å². The van der Waals surface area contributed by atoms with Crippen LogP contribution < -0.4 is 5.32 Å². The van der Waals surface area contributed by atoms with Gasteiger partial charge in [0.05, 0.1) is 0 Å². The minimum Gasteiger partial charge on any atom is -0.310 e. The van der Waals surface area contributed by atoms with Gasteiger partial charge in [-0.15, -0.1) is 11.3 Å². The summed E-state index contributed by atoms with van der Waals surface area (Å²) in [5, 5.41) is 4.65. The maximum atomic E-state index is 3.73. The molecule has 2 rings (SSSR count). The highest BCUT2D eigenvalue weighted by molar-refractivity contribution is 7.99. The molecule has 1 N–H and O–H groups in total. The minimum atomic E-state index is 0.748. The third-order valence-electron chi connectivity index (χ3n) is 3.73. The SMILES string of the molecule is CSC1CCC(NCc2cc(C)sc2C)CC1. The number of aryl methyl sites for hydroxylation is 2. The molecule has 1 nitrogen and oxygen atoms in total. The molecule has 0 aromatic carbocycles. The van der Waals surface area contributed by atoms with Crippen LogP contribution in [0.3, 0.4) is 0 Å². The summed E-state index contributed by atoms with van der Waals surface area (Å²) in [5.74, 6) is 0. The van der Waals surface area contributed by atoms with Crippen molar-refractivity contribution in [2.75, 3.05) is 6.26 Å². The first-order chi connectivity index (χ1) is 8.19. The van der Waals surface area contributed by atoms with Gasteiger partial charge < -0.3 is 5.32 Å². The number of thiophene rings is 1. The van der Waals surface area contributed by atoms with Gasteiger partial charge in [-0.25, -0.2) is 0 Å². The van der Waals surface area contributed by atoms with E-state index in [1.54, 1.807) is 0 Å². The van der Waals surface area contributed by atoms with Gasteiger partial charge in [0.1, 0.15) is 0 Å². The number of rotatable bonds is 4. The van der Waals surface area contributed by atoms with Crippen molar-refractivity contribution < 1.29 is 0 Å². The molecule has 1 saturated carbocycles. The summed E-state index contributed by atoms with van der Waals surface area (Å²) in [6.07, 6.45) is 7.73. The minimum absolute atomic E-state index is 0.748. The first-order valence-electron chi connectivity index (χ1n) is 6.51. The molecule has 1 heterocycles. The summed E-state index contributed by atoms with van der Waals surface area (Å²) >= 11 is 3.96. The average Bonchev–Trinajstić information content (AvgIpc) is 2.66. The monoisotopic (exact) mass is 269 g/mol. The second-order valence-corrected chi connectivity index (χ2v) is 7.63. The number of nitrogens with one attached hydrogen (secondary N) is 1. The maximum absolute atomic E-state index is 3.73. The van der Waals surface area contributed by atoms with E-state index in [9.17, 15) is 0 Å². The van der Waals surface area contributed by atoms with E-state index in [0.29, 0.717) is 0 Å². The molecule has 96 valence electrons. The smallest absolute Gasteiger partial charge is 0.0219 e. The van der Waals surface area contributed by atoms with Crippen LogP contribution in [0.5, 0.6) is 0 Å². The van der Waals surface area contributed by atoms with E-state index in [1.807, 2.05) is 23.1 Å². The molecule has 0 bridgehead atoms. The van der Waals surface area contributed by atoms with Gasteiger partial charge in [0.25, 0.3) is 0 Å². The lowest BCUT2D eigenvalue weighted by atomic mass is 9.95. The predicted molar refractivity (Wildman–Crippen MR) is 80.2 cm³/mol. The lowest BCUT2D eigenvalue weighted by Gasteiger charge is -2.28. The van der Waals surface area contributed by atoms with E-state index in [1.165, 1.54) is 41.0 Å². The van der Waals surface area contributed by atoms with Gasteiger partial charge in [0.15, 0.2) is 0 Å². The zero-order valence-corrected chi connectivity index (χ0v) is 12.7. The predicted octanol–water partition coefficient (Wildman–Crippen LogP) is 4.13. The van der Waals surface area contributed by atoms with E-state index in [-0.39, 0.29) is 0 Å². The van der Waals surface area contributed by atoms with Crippen molar-refractivity contribution in [3.8, 4) is 0 Å². The van der Waals surface area contributed by atoms with E-state index in [4.69, 9.17) is 0 Å². The topological polar surface area (TPSA) is 12.0 Å². The molecule has 0 saturated heterocycles. The zero-order chi connectivity index (χ0) is 12.3. The Hall–Kier alpha value is 0.01000. The normalized spacial score (nSPS) is 25.1. The van der Waals surface area contributed by atoms with E-state index < -0.39 is 0 Å². The molecule has 0 atom stereocenters. The molecule has 1 fully saturated rings. The molecule has 0 radical (unpaired) electrons. The first-order valence-corrected chi connectivity index (χ1v) is 8.61. The van der Waals surface area contributed by atoms with Gasteiger partial charge in [-0.05, 0) is 57.4 Å². The van der Waals surface area contributed by atoms with Gasteiger partial charge in [0, 0.05) is 27.6 Å². The molecule has 0 unspecified atom stereocenters. The summed E-state index contributed by atoms with van der Waals surface area (Å²) in [6, 6.07) is 3.08. The fourth-order valence-electron chi connectivity index (χ4n) is 2.62. The van der Waals surface area contributed by atoms with Crippen molar-refractivity contribution >= 4 is 23.1 Å². The highest BCUT2D eigenvalue weighted by Crippen LogP contribution is 2.27. The van der Waals surface area contributed by atoms with Gasteiger partial charge in [-0.2, -0.15) is 11.8 Å². The second-order valence-electron chi connectivity index (χ2n) is 5.03. The Bertz CT molecular complexity index is 351. The summed E-state index contributed by atoms with van der Waals surface area (Å²) in [5.41, 5.74) is 1.50. The van der Waals surface area contributed by atoms with Crippen LogP contribution >= 0.6 is 23.1 Å². The van der Waals surface area contributed by atoms with Gasteiger partial charge in [-0.1, -0.05) is 0 Å². The molecule has 0 aliphatic heterocycles. The van der Waals surface area contributed by atoms with Gasteiger partial charge in [-0.3, -0.25) is 0 Å². The molecular weight excluding hydrogens is 246 g/mol. The van der Waals surface area contributed by atoms with Crippen LogP contribution in [-0.2, 0) is 6.54 Å². The number of hydrogen-bond acceptors (Lipinski definition) is 3. The Morgan fingerprint density at radius 1 is 1.29 bits per heavy atom. The summed E-state index contributed by atoms with van der Waals surface area (Å²) in [7, 11) is 0. The Balaban J connectivity index is 1.77. The fraction of sp³-hybridized carbons (Fsp3) is 0.714. The number of hydrogen-bond donors (Lipinski definition) is 1. The zero-order valence-electron chi connectivity index (χ0n) is 11.1. The van der Waals surface area contributed by atoms with E-state index >= 15 is 0 Å². The molecule has 1 aliphatic rings. The van der Waals surface area contributed by atoms with Gasteiger partial charge in [0.2, 0.25) is 0 Å².